The summed E-state index contributed by atoms with van der Waals surface area (Å²) in [4.78, 5) is 82.9. The Morgan fingerprint density at radius 1 is 0.585 bits per heavy atom. The van der Waals surface area contributed by atoms with Gasteiger partial charge in [0.25, 0.3) is 11.1 Å². The fourth-order valence-electron chi connectivity index (χ4n) is 10.5. The number of nitrogens with zero attached hydrogens (tertiary/aromatic N) is 11. The number of thiazole rings is 1. The van der Waals surface area contributed by atoms with Gasteiger partial charge in [0.2, 0.25) is 0 Å². The molecule has 2 saturated heterocycles. The van der Waals surface area contributed by atoms with Crippen LogP contribution in [0.4, 0.5) is 9.59 Å². The van der Waals surface area contributed by atoms with Gasteiger partial charge in [-0.15, -0.1) is 11.3 Å². The van der Waals surface area contributed by atoms with Gasteiger partial charge in [-0.1, -0.05) is 0 Å². The summed E-state index contributed by atoms with van der Waals surface area (Å²) >= 11 is 5.01. The molecule has 2 amide bonds. The molecule has 0 N–H and O–H groups in total. The molecule has 4 aliphatic rings. The third kappa shape index (κ3) is 14.7. The highest BCUT2D eigenvalue weighted by molar-refractivity contribution is 9.10. The zero-order chi connectivity index (χ0) is 57.5. The van der Waals surface area contributed by atoms with Gasteiger partial charge in [-0.2, -0.15) is 0 Å². The van der Waals surface area contributed by atoms with Gasteiger partial charge in [0.1, 0.15) is 42.6 Å². The third-order valence-corrected chi connectivity index (χ3v) is 15.7. The van der Waals surface area contributed by atoms with Crippen LogP contribution >= 0.6 is 27.3 Å². The SMILES string of the molecule is CC(C)(C)OC(=O)N(Cc1cc2c(cn1)OCCO2)C1CCN(CCn2c(=O)ccc3ncc(-c4nccs4)cc32)CC1.CC(C)(C)OC(=O)N(Cc1cc2c(cn1)OCCO2)C1CCN(CCn2c(=O)ccc3ncc(Br)cc32)CC1. The summed E-state index contributed by atoms with van der Waals surface area (Å²) in [6.07, 6.45) is 11.1. The molecule has 23 heteroatoms. The van der Waals surface area contributed by atoms with Gasteiger partial charge in [0.15, 0.2) is 23.0 Å². The number of hydrogen-bond acceptors (Lipinski definition) is 18. The minimum Gasteiger partial charge on any atom is -0.486 e. The molecule has 4 aliphatic heterocycles. The summed E-state index contributed by atoms with van der Waals surface area (Å²) < 4.78 is 38.6. The molecular weight excluding hydrogens is 1130 g/mol. The molecule has 0 aliphatic carbocycles. The van der Waals surface area contributed by atoms with E-state index in [1.807, 2.05) is 71.2 Å². The van der Waals surface area contributed by atoms with E-state index < -0.39 is 11.2 Å². The summed E-state index contributed by atoms with van der Waals surface area (Å²) in [5.41, 5.74) is 4.22. The molecule has 0 radical (unpaired) electrons. The Morgan fingerprint density at radius 2 is 1.04 bits per heavy atom. The highest BCUT2D eigenvalue weighted by Gasteiger charge is 2.34. The lowest BCUT2D eigenvalue weighted by molar-refractivity contribution is 0.00436. The van der Waals surface area contributed by atoms with Crippen molar-refractivity contribution in [2.24, 2.45) is 0 Å². The standard InChI is InChI=1S/C31H36N6O5S.C28H34BrN5O5/c1-31(2,3)42-30(39)37(20-22-17-26-27(19-33-22)41-14-13-40-26)23-6-9-35(10-7-23)11-12-36-25-16-21(29-32-8-15-43-29)18-34-24(25)4-5-28(36)38;1-28(2,3)39-27(36)34(18-20-15-24-25(17-30-20)38-13-12-37-24)21-6-8-32(9-7-21)10-11-33-23-14-19(29)16-31-22(23)4-5-26(33)35/h4-5,8,15-19,23H,6-7,9-14,20H2,1-3H3;4-5,14-17,21H,6-13,18H2,1-3H3. The molecule has 434 valence electrons. The van der Waals surface area contributed by atoms with Gasteiger partial charge in [-0.3, -0.25) is 39.3 Å². The maximum atomic E-state index is 13.4. The Morgan fingerprint density at radius 3 is 1.49 bits per heavy atom. The second kappa shape index (κ2) is 25.5. The molecule has 7 aromatic heterocycles. The first kappa shape index (κ1) is 58.0. The van der Waals surface area contributed by atoms with Crippen molar-refractivity contribution in [1.29, 1.82) is 0 Å². The number of likely N-dealkylation sites (tertiary alicyclic amines) is 2. The maximum Gasteiger partial charge on any atom is 0.410 e. The van der Waals surface area contributed by atoms with Gasteiger partial charge in [0.05, 0.1) is 58.9 Å². The first-order chi connectivity index (χ1) is 39.4. The van der Waals surface area contributed by atoms with Crippen LogP contribution in [0, 0.1) is 0 Å². The summed E-state index contributed by atoms with van der Waals surface area (Å²) in [5, 5.41) is 2.80. The number of carbonyl (C=O) groups is 2. The number of fused-ring (bicyclic) bond motifs is 4. The van der Waals surface area contributed by atoms with E-state index in [0.717, 1.165) is 107 Å². The second-order valence-corrected chi connectivity index (χ2v) is 24.5. The van der Waals surface area contributed by atoms with Gasteiger partial charge in [-0.25, -0.2) is 14.6 Å². The summed E-state index contributed by atoms with van der Waals surface area (Å²) in [5.74, 6) is 2.53. The molecule has 0 spiro atoms. The Hall–Kier alpha value is -7.21. The van der Waals surface area contributed by atoms with Crippen molar-refractivity contribution >= 4 is 61.5 Å². The molecule has 11 rings (SSSR count). The van der Waals surface area contributed by atoms with E-state index in [-0.39, 0.29) is 35.4 Å². The number of rotatable bonds is 13. The number of pyridine rings is 6. The van der Waals surface area contributed by atoms with Crippen LogP contribution in [0.15, 0.2) is 99.0 Å². The van der Waals surface area contributed by atoms with Crippen LogP contribution < -0.4 is 30.1 Å². The molecule has 0 aromatic carbocycles. The largest absolute Gasteiger partial charge is 0.486 e. The lowest BCUT2D eigenvalue weighted by Crippen LogP contribution is -2.49. The van der Waals surface area contributed by atoms with Gasteiger partial charge in [-0.05, 0) is 107 Å². The fourth-order valence-corrected chi connectivity index (χ4v) is 11.4. The van der Waals surface area contributed by atoms with E-state index in [2.05, 4.69) is 50.6 Å². The Balaban J connectivity index is 0.000000185. The third-order valence-electron chi connectivity index (χ3n) is 14.5. The second-order valence-electron chi connectivity index (χ2n) is 22.7. The monoisotopic (exact) mass is 1200 g/mol. The average Bonchev–Trinajstić information content (AvgIpc) is 4.17. The Kier molecular flexibility index (Phi) is 18.0. The van der Waals surface area contributed by atoms with E-state index in [9.17, 15) is 19.2 Å². The Labute approximate surface area is 488 Å². The number of hydrogen-bond donors (Lipinski definition) is 0. The smallest absolute Gasteiger partial charge is 0.410 e. The molecular formula is C59H70BrN11O10S. The van der Waals surface area contributed by atoms with Crippen molar-refractivity contribution in [3.05, 3.63) is 121 Å². The topological polar surface area (TPSA) is 211 Å². The minimum atomic E-state index is -0.615. The average molecular weight is 1210 g/mol. The molecule has 7 aromatic rings. The number of ether oxygens (including phenoxy) is 6. The van der Waals surface area contributed by atoms with Gasteiger partial charge >= 0.3 is 12.2 Å². The van der Waals surface area contributed by atoms with Crippen LogP contribution in [0.25, 0.3) is 32.6 Å². The predicted octanol–water partition coefficient (Wildman–Crippen LogP) is 8.81. The molecule has 21 nitrogen and oxygen atoms in total. The Bertz CT molecular complexity index is 3500. The van der Waals surface area contributed by atoms with Crippen molar-refractivity contribution in [2.75, 3.05) is 65.7 Å². The van der Waals surface area contributed by atoms with Crippen LogP contribution in [-0.4, -0.2) is 155 Å². The van der Waals surface area contributed by atoms with Crippen LogP contribution in [0.1, 0.15) is 78.6 Å². The number of carbonyl (C=O) groups excluding carboxylic acids is 2. The van der Waals surface area contributed by atoms with Crippen LogP contribution in [0.2, 0.25) is 0 Å². The maximum absolute atomic E-state index is 13.4. The highest BCUT2D eigenvalue weighted by atomic mass is 79.9. The van der Waals surface area contributed by atoms with E-state index in [1.165, 1.54) is 0 Å². The zero-order valence-electron chi connectivity index (χ0n) is 47.3. The lowest BCUT2D eigenvalue weighted by Gasteiger charge is -2.39. The molecule has 0 unspecified atom stereocenters. The molecule has 11 heterocycles. The number of piperidine rings is 2. The van der Waals surface area contributed by atoms with Crippen LogP contribution in [0.5, 0.6) is 23.0 Å². The normalized spacial score (nSPS) is 16.1. The van der Waals surface area contributed by atoms with Crippen molar-refractivity contribution in [3.8, 4) is 33.6 Å². The molecule has 0 bridgehead atoms. The van der Waals surface area contributed by atoms with Crippen molar-refractivity contribution < 1.29 is 38.0 Å². The fraction of sp³-hybridized carbons (Fsp3) is 0.475. The molecule has 0 atom stereocenters. The van der Waals surface area contributed by atoms with Crippen molar-refractivity contribution in [3.63, 3.8) is 0 Å². The zero-order valence-corrected chi connectivity index (χ0v) is 49.7. The minimum absolute atomic E-state index is 0.00605. The first-order valence-electron chi connectivity index (χ1n) is 27.9. The summed E-state index contributed by atoms with van der Waals surface area (Å²) in [6, 6.07) is 14.3. The predicted molar refractivity (Wildman–Crippen MR) is 314 cm³/mol. The van der Waals surface area contributed by atoms with Gasteiger partial charge in [0, 0.05) is 123 Å². The number of aromatic nitrogens is 7. The summed E-state index contributed by atoms with van der Waals surface area (Å²) in [7, 11) is 0. The van der Waals surface area contributed by atoms with E-state index in [4.69, 9.17) is 28.4 Å². The van der Waals surface area contributed by atoms with E-state index in [0.29, 0.717) is 82.1 Å². The molecule has 0 saturated carbocycles. The number of halogens is 1. The highest BCUT2D eigenvalue weighted by Crippen LogP contribution is 2.33. The van der Waals surface area contributed by atoms with Crippen molar-refractivity contribution in [2.45, 2.75) is 117 Å². The summed E-state index contributed by atoms with van der Waals surface area (Å²) in [6.45, 7) is 19.6. The van der Waals surface area contributed by atoms with Crippen LogP contribution in [-0.2, 0) is 35.7 Å². The first-order valence-corrected chi connectivity index (χ1v) is 29.5. The lowest BCUT2D eigenvalue weighted by atomic mass is 10.0. The number of amides is 2. The van der Waals surface area contributed by atoms with Crippen molar-refractivity contribution in [1.82, 2.24) is 53.7 Å². The molecule has 2 fully saturated rings. The quantitative estimate of drug-likeness (QED) is 0.106. The molecule has 82 heavy (non-hydrogen) atoms. The van der Waals surface area contributed by atoms with Gasteiger partial charge < -0.3 is 47.4 Å². The van der Waals surface area contributed by atoms with E-state index in [1.54, 1.807) is 85.5 Å². The van der Waals surface area contributed by atoms with E-state index >= 15 is 0 Å². The van der Waals surface area contributed by atoms with Crippen LogP contribution in [0.3, 0.4) is 0 Å².